The predicted molar refractivity (Wildman–Crippen MR) is 99.7 cm³/mol. The van der Waals surface area contributed by atoms with Crippen LogP contribution in [0.15, 0.2) is 30.0 Å². The van der Waals surface area contributed by atoms with Crippen LogP contribution in [0.2, 0.25) is 0 Å². The normalized spacial score (nSPS) is 36.2. The zero-order chi connectivity index (χ0) is 18.9. The molecule has 0 saturated carbocycles. The molecule has 5 rings (SSSR count). The first-order valence-corrected chi connectivity index (χ1v) is 9.52. The van der Waals surface area contributed by atoms with Crippen molar-refractivity contribution in [3.8, 4) is 5.75 Å². The standard InChI is InChI=1S/C21H24N2O4/c1-11(24)14-9-27-10-15-13(14)7-19-21(8-17(15)22-19)16-5-4-12(26-3)6-18(16)23(2)20(21)25/h4-6,9,13,15,17,19,22H,7-8,10H2,1-3H3/t13-,15+,17-,19-,21-/m0/s1. The number of Topliss-reactive ketones (excluding diaryl/α,β-unsaturated/α-hetero) is 1. The Balaban J connectivity index is 1.60. The van der Waals surface area contributed by atoms with Gasteiger partial charge in [-0.05, 0) is 37.3 Å². The van der Waals surface area contributed by atoms with Gasteiger partial charge in [-0.25, -0.2) is 0 Å². The van der Waals surface area contributed by atoms with E-state index in [0.717, 1.165) is 35.4 Å². The molecule has 2 bridgehead atoms. The van der Waals surface area contributed by atoms with Gasteiger partial charge in [-0.2, -0.15) is 0 Å². The number of allylic oxidation sites excluding steroid dienone is 1. The van der Waals surface area contributed by atoms with E-state index in [1.54, 1.807) is 25.2 Å². The van der Waals surface area contributed by atoms with Crippen LogP contribution >= 0.6 is 0 Å². The number of ether oxygens (including phenoxy) is 2. The highest BCUT2D eigenvalue weighted by Crippen LogP contribution is 2.56. The Morgan fingerprint density at radius 1 is 1.41 bits per heavy atom. The van der Waals surface area contributed by atoms with E-state index in [4.69, 9.17) is 9.47 Å². The zero-order valence-corrected chi connectivity index (χ0v) is 15.8. The summed E-state index contributed by atoms with van der Waals surface area (Å²) < 4.78 is 11.0. The highest BCUT2D eigenvalue weighted by molar-refractivity contribution is 6.09. The van der Waals surface area contributed by atoms with Crippen LogP contribution in [-0.4, -0.2) is 44.5 Å². The number of hydrogen-bond acceptors (Lipinski definition) is 5. The van der Waals surface area contributed by atoms with Crippen LogP contribution < -0.4 is 15.0 Å². The third kappa shape index (κ3) is 2.05. The minimum Gasteiger partial charge on any atom is -0.500 e. The van der Waals surface area contributed by atoms with Crippen LogP contribution in [0.4, 0.5) is 5.69 Å². The van der Waals surface area contributed by atoms with E-state index in [9.17, 15) is 9.59 Å². The Morgan fingerprint density at radius 3 is 2.96 bits per heavy atom. The van der Waals surface area contributed by atoms with Crippen LogP contribution in [0.3, 0.4) is 0 Å². The molecule has 0 aliphatic carbocycles. The Bertz CT molecular complexity index is 879. The van der Waals surface area contributed by atoms with E-state index in [0.29, 0.717) is 6.61 Å². The molecular weight excluding hydrogens is 344 g/mol. The molecule has 1 spiro atoms. The summed E-state index contributed by atoms with van der Waals surface area (Å²) in [6.45, 7) is 2.20. The molecule has 1 amide bonds. The number of rotatable bonds is 2. The van der Waals surface area contributed by atoms with Crippen molar-refractivity contribution in [1.82, 2.24) is 5.32 Å². The number of likely N-dealkylation sites (N-methyl/N-ethyl adjacent to an activating group) is 1. The van der Waals surface area contributed by atoms with Gasteiger partial charge < -0.3 is 19.7 Å². The molecule has 142 valence electrons. The number of nitrogens with zero attached hydrogens (tertiary/aromatic N) is 1. The number of carbonyl (C=O) groups excluding carboxylic acids is 2. The van der Waals surface area contributed by atoms with E-state index in [2.05, 4.69) is 5.32 Å². The summed E-state index contributed by atoms with van der Waals surface area (Å²) in [6, 6.07) is 6.12. The third-order valence-electron chi connectivity index (χ3n) is 7.11. The molecule has 1 aromatic carbocycles. The lowest BCUT2D eigenvalue weighted by Gasteiger charge is -2.41. The van der Waals surface area contributed by atoms with Crippen molar-refractivity contribution in [2.75, 3.05) is 25.7 Å². The number of nitrogens with one attached hydrogen (secondary N) is 1. The number of carbonyl (C=O) groups is 2. The molecule has 6 heteroatoms. The first kappa shape index (κ1) is 16.8. The van der Waals surface area contributed by atoms with Crippen molar-refractivity contribution in [2.45, 2.75) is 37.3 Å². The number of amides is 1. The molecule has 5 atom stereocenters. The van der Waals surface area contributed by atoms with Crippen LogP contribution in [0.25, 0.3) is 0 Å². The fraction of sp³-hybridized carbons (Fsp3) is 0.524. The zero-order valence-electron chi connectivity index (χ0n) is 15.8. The largest absolute Gasteiger partial charge is 0.500 e. The smallest absolute Gasteiger partial charge is 0.239 e. The third-order valence-corrected chi connectivity index (χ3v) is 7.11. The topological polar surface area (TPSA) is 67.9 Å². The molecule has 0 unspecified atom stereocenters. The number of piperidine rings is 1. The molecule has 1 N–H and O–H groups in total. The van der Waals surface area contributed by atoms with Crippen LogP contribution in [0, 0.1) is 11.8 Å². The van der Waals surface area contributed by atoms with Gasteiger partial charge in [-0.1, -0.05) is 6.07 Å². The van der Waals surface area contributed by atoms with Gasteiger partial charge in [0.05, 0.1) is 31.1 Å². The summed E-state index contributed by atoms with van der Waals surface area (Å²) in [5, 5.41) is 3.70. The minimum absolute atomic E-state index is 0.0224. The average Bonchev–Trinajstić information content (AvgIpc) is 3.09. The number of fused-ring (bicyclic) bond motifs is 7. The Morgan fingerprint density at radius 2 is 2.22 bits per heavy atom. The SMILES string of the molecule is COc1ccc2c(c1)N(C)C(=O)[C@@]21C[C@@H]2N[C@H]1C[C@H]1C(C(C)=O)=COC[C@@H]21. The molecule has 4 heterocycles. The van der Waals surface area contributed by atoms with E-state index in [-0.39, 0.29) is 35.6 Å². The lowest BCUT2D eigenvalue weighted by Crippen LogP contribution is -2.53. The summed E-state index contributed by atoms with van der Waals surface area (Å²) in [5.41, 5.74) is 2.20. The molecule has 4 aliphatic rings. The number of benzene rings is 1. The molecule has 4 aliphatic heterocycles. The van der Waals surface area contributed by atoms with Gasteiger partial charge >= 0.3 is 0 Å². The van der Waals surface area contributed by atoms with Gasteiger partial charge in [0, 0.05) is 36.7 Å². The second kappa shape index (κ2) is 5.58. The summed E-state index contributed by atoms with van der Waals surface area (Å²) in [7, 11) is 3.48. The van der Waals surface area contributed by atoms with Crippen molar-refractivity contribution in [2.24, 2.45) is 11.8 Å². The van der Waals surface area contributed by atoms with Crippen molar-refractivity contribution in [1.29, 1.82) is 0 Å². The summed E-state index contributed by atoms with van der Waals surface area (Å²) in [5.74, 6) is 1.35. The van der Waals surface area contributed by atoms with Gasteiger partial charge in [0.15, 0.2) is 5.78 Å². The monoisotopic (exact) mass is 368 g/mol. The Kier molecular flexibility index (Phi) is 3.47. The summed E-state index contributed by atoms with van der Waals surface area (Å²) in [4.78, 5) is 27.4. The van der Waals surface area contributed by atoms with Gasteiger partial charge in [-0.3, -0.25) is 9.59 Å². The van der Waals surface area contributed by atoms with E-state index in [1.165, 1.54) is 0 Å². The molecule has 0 aromatic heterocycles. The van der Waals surface area contributed by atoms with Gasteiger partial charge in [0.1, 0.15) is 5.75 Å². The number of methoxy groups -OCH3 is 1. The lowest BCUT2D eigenvalue weighted by atomic mass is 9.72. The molecule has 6 nitrogen and oxygen atoms in total. The molecule has 2 saturated heterocycles. The van der Waals surface area contributed by atoms with Gasteiger partial charge in [0.25, 0.3) is 0 Å². The maximum Gasteiger partial charge on any atom is 0.239 e. The molecule has 0 radical (unpaired) electrons. The van der Waals surface area contributed by atoms with Gasteiger partial charge in [0.2, 0.25) is 5.91 Å². The Labute approximate surface area is 158 Å². The number of hydrogen-bond donors (Lipinski definition) is 1. The van der Waals surface area contributed by atoms with Crippen molar-refractivity contribution < 1.29 is 19.1 Å². The predicted octanol–water partition coefficient (Wildman–Crippen LogP) is 1.78. The number of anilines is 1. The highest BCUT2D eigenvalue weighted by Gasteiger charge is 2.64. The van der Waals surface area contributed by atoms with E-state index < -0.39 is 5.41 Å². The van der Waals surface area contributed by atoms with E-state index in [1.807, 2.05) is 25.2 Å². The van der Waals surface area contributed by atoms with Crippen molar-refractivity contribution >= 4 is 17.4 Å². The molecule has 1 aromatic rings. The molecule has 2 fully saturated rings. The first-order chi connectivity index (χ1) is 13.0. The summed E-state index contributed by atoms with van der Waals surface area (Å²) in [6.07, 6.45) is 3.17. The molecular formula is C21H24N2O4. The maximum atomic E-state index is 13.5. The van der Waals surface area contributed by atoms with Gasteiger partial charge in [-0.15, -0.1) is 0 Å². The van der Waals surface area contributed by atoms with E-state index >= 15 is 0 Å². The first-order valence-electron chi connectivity index (χ1n) is 9.52. The van der Waals surface area contributed by atoms with Crippen LogP contribution in [0.1, 0.15) is 25.3 Å². The fourth-order valence-corrected chi connectivity index (χ4v) is 5.82. The highest BCUT2D eigenvalue weighted by atomic mass is 16.5. The quantitative estimate of drug-likeness (QED) is 0.862. The van der Waals surface area contributed by atoms with Crippen molar-refractivity contribution in [3.63, 3.8) is 0 Å². The molecule has 27 heavy (non-hydrogen) atoms. The Hall–Kier alpha value is -2.34. The summed E-state index contributed by atoms with van der Waals surface area (Å²) >= 11 is 0. The maximum absolute atomic E-state index is 13.5. The van der Waals surface area contributed by atoms with Crippen molar-refractivity contribution in [3.05, 3.63) is 35.6 Å². The fourth-order valence-electron chi connectivity index (χ4n) is 5.82. The second-order valence-corrected chi connectivity index (χ2v) is 8.22. The average molecular weight is 368 g/mol. The van der Waals surface area contributed by atoms with Crippen LogP contribution in [-0.2, 0) is 19.7 Å². The minimum atomic E-state index is -0.569. The lowest BCUT2D eigenvalue weighted by molar-refractivity contribution is -0.123. The van der Waals surface area contributed by atoms with Crippen LogP contribution in [0.5, 0.6) is 5.75 Å². The second-order valence-electron chi connectivity index (χ2n) is 8.22. The number of ketones is 1.